The molecule has 3 heterocycles. The maximum atomic E-state index is 13.6. The molecule has 1 amide bonds. The number of hydrogen-bond donors (Lipinski definition) is 0. The van der Waals surface area contributed by atoms with E-state index in [2.05, 4.69) is 0 Å². The fourth-order valence-electron chi connectivity index (χ4n) is 4.38. The van der Waals surface area contributed by atoms with E-state index in [9.17, 15) is 9.59 Å². The van der Waals surface area contributed by atoms with Gasteiger partial charge in [0.1, 0.15) is 11.3 Å². The van der Waals surface area contributed by atoms with Gasteiger partial charge in [-0.3, -0.25) is 4.79 Å². The summed E-state index contributed by atoms with van der Waals surface area (Å²) in [6, 6.07) is 11.4. The molecule has 3 aromatic heterocycles. The lowest BCUT2D eigenvalue weighted by molar-refractivity contribution is 0.0601. The highest BCUT2D eigenvalue weighted by molar-refractivity contribution is 7.21. The topological polar surface area (TPSA) is 63.7 Å². The number of aryl methyl sites for hydroxylation is 1. The molecule has 0 aliphatic heterocycles. The SMILES string of the molecule is Cc1ccc2oc(=O)c3cc(C(=O)N(Cc4ccco4)C4CCCCC4)sc3c2c1. The van der Waals surface area contributed by atoms with Gasteiger partial charge >= 0.3 is 5.63 Å². The molecule has 0 atom stereocenters. The molecular formula is C24H23NO4S. The van der Waals surface area contributed by atoms with Crippen molar-refractivity contribution in [2.24, 2.45) is 0 Å². The minimum Gasteiger partial charge on any atom is -0.467 e. The van der Waals surface area contributed by atoms with E-state index in [4.69, 9.17) is 8.83 Å². The molecule has 4 aromatic rings. The maximum absolute atomic E-state index is 13.6. The number of furan rings is 1. The van der Waals surface area contributed by atoms with Crippen LogP contribution in [-0.4, -0.2) is 16.8 Å². The second-order valence-corrected chi connectivity index (χ2v) is 9.10. The zero-order valence-corrected chi connectivity index (χ0v) is 17.7. The van der Waals surface area contributed by atoms with Crippen molar-refractivity contribution < 1.29 is 13.6 Å². The second kappa shape index (κ2) is 7.76. The van der Waals surface area contributed by atoms with Gasteiger partial charge in [-0.2, -0.15) is 0 Å². The van der Waals surface area contributed by atoms with Gasteiger partial charge in [-0.15, -0.1) is 11.3 Å². The number of carbonyl (C=O) groups excluding carboxylic acids is 1. The van der Waals surface area contributed by atoms with Gasteiger partial charge in [0.25, 0.3) is 5.91 Å². The van der Waals surface area contributed by atoms with Crippen LogP contribution in [0, 0.1) is 6.92 Å². The van der Waals surface area contributed by atoms with E-state index in [1.54, 1.807) is 12.3 Å². The number of thiophene rings is 1. The van der Waals surface area contributed by atoms with Crippen molar-refractivity contribution in [3.8, 4) is 0 Å². The average Bonchev–Trinajstić information content (AvgIpc) is 3.43. The second-order valence-electron chi connectivity index (χ2n) is 8.05. The Morgan fingerprint density at radius 2 is 1.97 bits per heavy atom. The van der Waals surface area contributed by atoms with Crippen molar-refractivity contribution >= 4 is 38.3 Å². The van der Waals surface area contributed by atoms with Crippen molar-refractivity contribution in [3.63, 3.8) is 0 Å². The van der Waals surface area contributed by atoms with E-state index in [-0.39, 0.29) is 11.9 Å². The molecule has 1 aliphatic carbocycles. The van der Waals surface area contributed by atoms with E-state index < -0.39 is 5.63 Å². The minimum absolute atomic E-state index is 0.0419. The number of fused-ring (bicyclic) bond motifs is 3. The molecule has 0 N–H and O–H groups in total. The van der Waals surface area contributed by atoms with E-state index >= 15 is 0 Å². The van der Waals surface area contributed by atoms with Gasteiger partial charge in [0.15, 0.2) is 0 Å². The Bertz CT molecular complexity index is 1260. The smallest absolute Gasteiger partial charge is 0.345 e. The van der Waals surface area contributed by atoms with Crippen molar-refractivity contribution in [2.75, 3.05) is 0 Å². The Kier molecular flexibility index (Phi) is 4.95. The Labute approximate surface area is 177 Å². The molecule has 5 nitrogen and oxygen atoms in total. The van der Waals surface area contributed by atoms with Crippen LogP contribution >= 0.6 is 11.3 Å². The minimum atomic E-state index is -0.396. The van der Waals surface area contributed by atoms with Crippen LogP contribution in [0.3, 0.4) is 0 Å². The van der Waals surface area contributed by atoms with Crippen LogP contribution in [0.2, 0.25) is 0 Å². The summed E-state index contributed by atoms with van der Waals surface area (Å²) in [7, 11) is 0. The van der Waals surface area contributed by atoms with Crippen molar-refractivity contribution in [1.82, 2.24) is 4.90 Å². The molecule has 0 unspecified atom stereocenters. The summed E-state index contributed by atoms with van der Waals surface area (Å²) in [5.74, 6) is 0.732. The molecule has 6 heteroatoms. The molecule has 1 fully saturated rings. The highest BCUT2D eigenvalue weighted by atomic mass is 32.1. The van der Waals surface area contributed by atoms with Crippen LogP contribution in [0.5, 0.6) is 0 Å². The quantitative estimate of drug-likeness (QED) is 0.386. The van der Waals surface area contributed by atoms with Crippen LogP contribution in [0.1, 0.15) is 53.1 Å². The van der Waals surface area contributed by atoms with Crippen molar-refractivity contribution in [1.29, 1.82) is 0 Å². The molecule has 5 rings (SSSR count). The fraction of sp³-hybridized carbons (Fsp3) is 0.333. The van der Waals surface area contributed by atoms with Crippen molar-refractivity contribution in [3.05, 3.63) is 69.3 Å². The zero-order chi connectivity index (χ0) is 20.7. The highest BCUT2D eigenvalue weighted by Gasteiger charge is 2.29. The predicted octanol–water partition coefficient (Wildman–Crippen LogP) is 5.88. The number of carbonyl (C=O) groups is 1. The van der Waals surface area contributed by atoms with Gasteiger partial charge in [0.05, 0.1) is 27.8 Å². The first-order valence-electron chi connectivity index (χ1n) is 10.4. The summed E-state index contributed by atoms with van der Waals surface area (Å²) in [6.45, 7) is 2.45. The van der Waals surface area contributed by atoms with Gasteiger partial charge in [-0.1, -0.05) is 30.9 Å². The van der Waals surface area contributed by atoms with Gasteiger partial charge in [-0.25, -0.2) is 4.79 Å². The predicted molar refractivity (Wildman–Crippen MR) is 118 cm³/mol. The summed E-state index contributed by atoms with van der Waals surface area (Å²) in [4.78, 5) is 28.7. The van der Waals surface area contributed by atoms with Crippen LogP contribution in [0.15, 0.2) is 56.3 Å². The number of hydrogen-bond acceptors (Lipinski definition) is 5. The van der Waals surface area contributed by atoms with Gasteiger partial charge < -0.3 is 13.7 Å². The Morgan fingerprint density at radius 1 is 1.13 bits per heavy atom. The summed E-state index contributed by atoms with van der Waals surface area (Å²) in [5.41, 5.74) is 1.24. The van der Waals surface area contributed by atoms with E-state index in [0.717, 1.165) is 47.1 Å². The first-order valence-corrected chi connectivity index (χ1v) is 11.2. The molecule has 1 aliphatic rings. The monoisotopic (exact) mass is 421 g/mol. The molecule has 0 saturated heterocycles. The normalized spacial score (nSPS) is 15.1. The van der Waals surface area contributed by atoms with Crippen LogP contribution in [0.25, 0.3) is 21.1 Å². The molecular weight excluding hydrogens is 398 g/mol. The molecule has 30 heavy (non-hydrogen) atoms. The lowest BCUT2D eigenvalue weighted by atomic mass is 9.94. The molecule has 1 saturated carbocycles. The molecule has 0 spiro atoms. The van der Waals surface area contributed by atoms with Gasteiger partial charge in [0.2, 0.25) is 0 Å². The van der Waals surface area contributed by atoms with Crippen LogP contribution < -0.4 is 5.63 Å². The number of rotatable bonds is 4. The largest absolute Gasteiger partial charge is 0.467 e. The lowest BCUT2D eigenvalue weighted by Crippen LogP contribution is -2.40. The van der Waals surface area contributed by atoms with Crippen LogP contribution in [0.4, 0.5) is 0 Å². The van der Waals surface area contributed by atoms with Crippen LogP contribution in [-0.2, 0) is 6.54 Å². The van der Waals surface area contributed by atoms with Crippen molar-refractivity contribution in [2.45, 2.75) is 51.6 Å². The Balaban J connectivity index is 1.58. The number of amides is 1. The van der Waals surface area contributed by atoms with Gasteiger partial charge in [-0.05, 0) is 50.1 Å². The molecule has 154 valence electrons. The molecule has 1 aromatic carbocycles. The molecule has 0 radical (unpaired) electrons. The van der Waals surface area contributed by atoms with E-state index in [1.807, 2.05) is 42.2 Å². The van der Waals surface area contributed by atoms with E-state index in [1.165, 1.54) is 17.8 Å². The first kappa shape index (κ1) is 19.1. The molecule has 0 bridgehead atoms. The maximum Gasteiger partial charge on any atom is 0.345 e. The number of nitrogens with zero attached hydrogens (tertiary/aromatic N) is 1. The van der Waals surface area contributed by atoms with E-state index in [0.29, 0.717) is 22.4 Å². The third-order valence-electron chi connectivity index (χ3n) is 5.93. The summed E-state index contributed by atoms with van der Waals surface area (Å²) < 4.78 is 11.8. The lowest BCUT2D eigenvalue weighted by Gasteiger charge is -2.33. The van der Waals surface area contributed by atoms with Gasteiger partial charge in [0, 0.05) is 11.4 Å². The summed E-state index contributed by atoms with van der Waals surface area (Å²) in [5, 5.41) is 1.35. The average molecular weight is 422 g/mol. The summed E-state index contributed by atoms with van der Waals surface area (Å²) >= 11 is 1.38. The number of benzene rings is 1. The highest BCUT2D eigenvalue weighted by Crippen LogP contribution is 2.33. The fourth-order valence-corrected chi connectivity index (χ4v) is 5.51. The Morgan fingerprint density at radius 3 is 2.73 bits per heavy atom. The standard InChI is InChI=1S/C24H23NO4S/c1-15-9-10-20-18(12-15)22-19(24(27)29-20)13-21(30-22)23(26)25(14-17-8-5-11-28-17)16-6-3-2-4-7-16/h5,8-13,16H,2-4,6-7,14H2,1H3. The first-order chi connectivity index (χ1) is 14.6. The third-order valence-corrected chi connectivity index (χ3v) is 7.08. The summed E-state index contributed by atoms with van der Waals surface area (Å²) in [6.07, 6.45) is 7.12. The zero-order valence-electron chi connectivity index (χ0n) is 16.8. The Hall–Kier alpha value is -2.86. The third kappa shape index (κ3) is 3.45.